The monoisotopic (exact) mass is 625 g/mol. The molecule has 0 N–H and O–H groups in total. The molecule has 1 aliphatic rings. The molecule has 1 amide bonds. The molecule has 0 bridgehead atoms. The predicted octanol–water partition coefficient (Wildman–Crippen LogP) is 7.94. The minimum absolute atomic E-state index is 0.141. The van der Waals surface area contributed by atoms with E-state index < -0.39 is 6.36 Å². The Morgan fingerprint density at radius 2 is 1.80 bits per heavy atom. The molecule has 0 radical (unpaired) electrons. The summed E-state index contributed by atoms with van der Waals surface area (Å²) in [6.07, 6.45) is -0.580. The summed E-state index contributed by atoms with van der Waals surface area (Å²) >= 11 is 1.54. The lowest BCUT2D eigenvalue weighted by molar-refractivity contribution is -0.274. The fraction of sp³-hybridized carbons (Fsp3) is 0.312. The normalized spacial score (nSPS) is 14.5. The van der Waals surface area contributed by atoms with Gasteiger partial charge >= 0.3 is 6.36 Å². The number of amides is 1. The third kappa shape index (κ3) is 8.04. The number of nitrogens with zero attached hydrogens (tertiary/aromatic N) is 5. The van der Waals surface area contributed by atoms with Crippen LogP contribution in [-0.2, 0) is 11.2 Å². The lowest BCUT2D eigenvalue weighted by Crippen LogP contribution is -2.26. The second-order valence-corrected chi connectivity index (χ2v) is 11.7. The predicted molar refractivity (Wildman–Crippen MR) is 164 cm³/mol. The number of aliphatic imine (C=N–C) groups is 1. The van der Waals surface area contributed by atoms with E-state index in [1.165, 1.54) is 41.3 Å². The number of amidine groups is 1. The van der Waals surface area contributed by atoms with E-state index in [4.69, 9.17) is 0 Å². The van der Waals surface area contributed by atoms with Crippen LogP contribution >= 0.6 is 11.8 Å². The third-order valence-electron chi connectivity index (χ3n) is 7.04. The van der Waals surface area contributed by atoms with Crippen LogP contribution in [-0.4, -0.2) is 44.5 Å². The molecule has 44 heavy (non-hydrogen) atoms. The maximum Gasteiger partial charge on any atom is 0.573 e. The molecule has 1 aromatic heterocycles. The maximum atomic E-state index is 13.9. The number of anilines is 1. The van der Waals surface area contributed by atoms with Gasteiger partial charge in [0.15, 0.2) is 11.0 Å². The van der Waals surface area contributed by atoms with Crippen LogP contribution in [0, 0.1) is 5.82 Å². The van der Waals surface area contributed by atoms with E-state index >= 15 is 0 Å². The fourth-order valence-corrected chi connectivity index (χ4v) is 5.83. The van der Waals surface area contributed by atoms with E-state index in [-0.39, 0.29) is 23.4 Å². The second-order valence-electron chi connectivity index (χ2n) is 10.6. The van der Waals surface area contributed by atoms with Crippen molar-refractivity contribution in [3.05, 3.63) is 90.0 Å². The fourth-order valence-electron chi connectivity index (χ4n) is 4.86. The Balaban J connectivity index is 1.11. The van der Waals surface area contributed by atoms with Gasteiger partial charge in [0.05, 0.1) is 5.69 Å². The highest BCUT2D eigenvalue weighted by Crippen LogP contribution is 2.33. The van der Waals surface area contributed by atoms with Gasteiger partial charge in [0.2, 0.25) is 5.91 Å². The molecule has 12 heteroatoms. The van der Waals surface area contributed by atoms with Crippen molar-refractivity contribution in [2.24, 2.45) is 4.99 Å². The summed E-state index contributed by atoms with van der Waals surface area (Å²) in [7, 11) is 0. The van der Waals surface area contributed by atoms with Crippen LogP contribution in [0.15, 0.2) is 78.0 Å². The van der Waals surface area contributed by atoms with Gasteiger partial charge < -0.3 is 9.64 Å². The number of hydrogen-bond donors (Lipinski definition) is 0. The number of rotatable bonds is 10. The molecule has 1 aliphatic heterocycles. The van der Waals surface area contributed by atoms with Crippen molar-refractivity contribution in [2.45, 2.75) is 51.8 Å². The van der Waals surface area contributed by atoms with E-state index in [9.17, 15) is 22.4 Å². The minimum Gasteiger partial charge on any atom is -0.406 e. The van der Waals surface area contributed by atoms with Crippen molar-refractivity contribution >= 4 is 28.5 Å². The highest BCUT2D eigenvalue weighted by Gasteiger charge is 2.31. The minimum atomic E-state index is -4.75. The third-order valence-corrected chi connectivity index (χ3v) is 8.00. The molecule has 1 fully saturated rings. The Kier molecular flexibility index (Phi) is 9.68. The smallest absolute Gasteiger partial charge is 0.406 e. The number of carbonyl (C=O) groups is 1. The lowest BCUT2D eigenvalue weighted by atomic mass is 10.0. The number of alkyl halides is 3. The molecule has 4 aromatic rings. The highest BCUT2D eigenvalue weighted by atomic mass is 32.2. The van der Waals surface area contributed by atoms with Gasteiger partial charge in [-0.1, -0.05) is 49.9 Å². The standard InChI is InChI=1S/C32H31F4N5O2S/c1-21(2)27-19-24(33)11-16-28(27)40-17-18-44-31(40)38-29(42)6-4-3-5-22-7-9-23(10-8-22)30-37-20-41(39-30)25-12-14-26(15-13-25)43-32(34,35)36/h7-16,19-21H,3-6,17-18H2,1-2H3. The van der Waals surface area contributed by atoms with Gasteiger partial charge in [-0.25, -0.2) is 14.1 Å². The molecule has 0 aliphatic carbocycles. The van der Waals surface area contributed by atoms with Gasteiger partial charge in [0, 0.05) is 30.0 Å². The summed E-state index contributed by atoms with van der Waals surface area (Å²) in [4.78, 5) is 23.4. The quantitative estimate of drug-likeness (QED) is 0.132. The Labute approximate surface area is 257 Å². The van der Waals surface area contributed by atoms with Crippen LogP contribution in [0.25, 0.3) is 17.1 Å². The number of carbonyl (C=O) groups excluding carboxylic acids is 1. The summed E-state index contributed by atoms with van der Waals surface area (Å²) < 4.78 is 56.4. The van der Waals surface area contributed by atoms with Crippen LogP contribution in [0.1, 0.15) is 50.2 Å². The number of aryl methyl sites for hydroxylation is 1. The molecule has 7 nitrogen and oxygen atoms in total. The molecular weight excluding hydrogens is 594 g/mol. The zero-order valence-corrected chi connectivity index (χ0v) is 25.0. The van der Waals surface area contributed by atoms with Gasteiger partial charge in [-0.3, -0.25) is 4.79 Å². The second kappa shape index (κ2) is 13.6. The first-order valence-electron chi connectivity index (χ1n) is 14.2. The van der Waals surface area contributed by atoms with Crippen LogP contribution in [0.4, 0.5) is 23.2 Å². The van der Waals surface area contributed by atoms with Gasteiger partial charge in [0.25, 0.3) is 0 Å². The largest absolute Gasteiger partial charge is 0.573 e. The van der Waals surface area contributed by atoms with Crippen molar-refractivity contribution in [3.63, 3.8) is 0 Å². The summed E-state index contributed by atoms with van der Waals surface area (Å²) in [6, 6.07) is 18.0. The van der Waals surface area contributed by atoms with Gasteiger partial charge in [0.1, 0.15) is 17.9 Å². The summed E-state index contributed by atoms with van der Waals surface area (Å²) in [5.74, 6) is 0.703. The number of benzene rings is 3. The van der Waals surface area contributed by atoms with E-state index in [0.717, 1.165) is 47.5 Å². The van der Waals surface area contributed by atoms with Crippen molar-refractivity contribution in [2.75, 3.05) is 17.2 Å². The van der Waals surface area contributed by atoms with Crippen molar-refractivity contribution in [1.82, 2.24) is 14.8 Å². The zero-order valence-electron chi connectivity index (χ0n) is 24.2. The van der Waals surface area contributed by atoms with Crippen molar-refractivity contribution in [3.8, 4) is 22.8 Å². The Bertz CT molecular complexity index is 1620. The SMILES string of the molecule is CC(C)c1cc(F)ccc1N1CCSC1=NC(=O)CCCCc1ccc(-c2ncn(-c3ccc(OC(F)(F)F)cc3)n2)cc1. The molecule has 5 rings (SSSR count). The number of halogens is 4. The van der Waals surface area contributed by atoms with E-state index in [0.29, 0.717) is 29.5 Å². The van der Waals surface area contributed by atoms with Crippen LogP contribution in [0.2, 0.25) is 0 Å². The van der Waals surface area contributed by atoms with Gasteiger partial charge in [-0.2, -0.15) is 4.99 Å². The molecule has 2 heterocycles. The number of unbranched alkanes of at least 4 members (excludes halogenated alkanes) is 1. The van der Waals surface area contributed by atoms with Crippen molar-refractivity contribution in [1.29, 1.82) is 0 Å². The molecular formula is C32H31F4N5O2S. The van der Waals surface area contributed by atoms with E-state index in [1.54, 1.807) is 23.9 Å². The van der Waals surface area contributed by atoms with Crippen LogP contribution in [0.3, 0.4) is 0 Å². The lowest BCUT2D eigenvalue weighted by Gasteiger charge is -2.23. The average molecular weight is 626 g/mol. The molecule has 1 saturated heterocycles. The first-order valence-corrected chi connectivity index (χ1v) is 15.2. The first kappa shape index (κ1) is 31.2. The van der Waals surface area contributed by atoms with E-state index in [2.05, 4.69) is 19.8 Å². The number of hydrogen-bond acceptors (Lipinski definition) is 5. The number of ether oxygens (including phenoxy) is 1. The Morgan fingerprint density at radius 1 is 1.05 bits per heavy atom. The van der Waals surface area contributed by atoms with Crippen LogP contribution in [0.5, 0.6) is 5.75 Å². The van der Waals surface area contributed by atoms with E-state index in [1.807, 2.05) is 43.0 Å². The summed E-state index contributed by atoms with van der Waals surface area (Å²) in [6.45, 7) is 4.77. The summed E-state index contributed by atoms with van der Waals surface area (Å²) in [5, 5.41) is 5.10. The number of thioether (sulfide) groups is 1. The topological polar surface area (TPSA) is 72.6 Å². The molecule has 0 atom stereocenters. The first-order chi connectivity index (χ1) is 21.1. The Morgan fingerprint density at radius 3 is 2.50 bits per heavy atom. The van der Waals surface area contributed by atoms with Crippen molar-refractivity contribution < 1.29 is 27.1 Å². The van der Waals surface area contributed by atoms with Gasteiger partial charge in [-0.15, -0.1) is 18.3 Å². The highest BCUT2D eigenvalue weighted by molar-refractivity contribution is 8.14. The van der Waals surface area contributed by atoms with Crippen LogP contribution < -0.4 is 9.64 Å². The molecule has 0 unspecified atom stereocenters. The molecule has 3 aromatic carbocycles. The molecule has 0 spiro atoms. The number of aromatic nitrogens is 3. The Hall–Kier alpha value is -4.19. The van der Waals surface area contributed by atoms with Gasteiger partial charge in [-0.05, 0) is 78.8 Å². The average Bonchev–Trinajstić information content (AvgIpc) is 3.66. The maximum absolute atomic E-state index is 13.9. The molecule has 0 saturated carbocycles. The molecule has 230 valence electrons. The summed E-state index contributed by atoms with van der Waals surface area (Å²) in [5.41, 5.74) is 4.26. The zero-order chi connectivity index (χ0) is 31.3.